The number of aromatic nitrogens is 2. The van der Waals surface area contributed by atoms with Crippen LogP contribution < -0.4 is 5.32 Å². The van der Waals surface area contributed by atoms with Crippen LogP contribution in [0.1, 0.15) is 61.1 Å². The number of hydrogen-bond donors (Lipinski definition) is 1. The van der Waals surface area contributed by atoms with Crippen LogP contribution in [0.4, 0.5) is 5.69 Å². The Kier molecular flexibility index (Phi) is 5.66. The molecule has 0 aliphatic heterocycles. The second-order valence-electron chi connectivity index (χ2n) is 7.20. The van der Waals surface area contributed by atoms with Gasteiger partial charge in [-0.15, -0.1) is 0 Å². The number of carbonyl (C=O) groups excluding carboxylic acids is 1. The van der Waals surface area contributed by atoms with Crippen molar-refractivity contribution in [2.24, 2.45) is 0 Å². The van der Waals surface area contributed by atoms with Gasteiger partial charge in [0.25, 0.3) is 5.91 Å². The first-order chi connectivity index (χ1) is 12.9. The van der Waals surface area contributed by atoms with Gasteiger partial charge in [-0.05, 0) is 47.2 Å². The zero-order valence-corrected chi connectivity index (χ0v) is 16.8. The number of nitrogens with one attached hydrogen (secondary N) is 1. The fraction of sp³-hybridized carbons (Fsp3) is 0.273. The second-order valence-corrected chi connectivity index (χ2v) is 7.64. The molecule has 0 bridgehead atoms. The summed E-state index contributed by atoms with van der Waals surface area (Å²) in [5, 5.41) is 8.13. The minimum atomic E-state index is -0.217. The lowest BCUT2D eigenvalue weighted by Gasteiger charge is -2.19. The smallest absolute Gasteiger partial charge is 0.276 e. The third kappa shape index (κ3) is 4.22. The van der Waals surface area contributed by atoms with Gasteiger partial charge in [0.15, 0.2) is 5.69 Å². The summed E-state index contributed by atoms with van der Waals surface area (Å²) in [6.45, 7) is 8.51. The Hall–Kier alpha value is -2.59. The molecule has 0 aliphatic rings. The number of halogens is 1. The number of rotatable bonds is 5. The maximum absolute atomic E-state index is 12.9. The maximum Gasteiger partial charge on any atom is 0.276 e. The second kappa shape index (κ2) is 7.97. The van der Waals surface area contributed by atoms with Crippen molar-refractivity contribution >= 4 is 23.2 Å². The Balaban J connectivity index is 1.91. The predicted octanol–water partition coefficient (Wildman–Crippen LogP) is 6.02. The minimum absolute atomic E-state index is 0.217. The van der Waals surface area contributed by atoms with Crippen LogP contribution in [-0.2, 0) is 0 Å². The van der Waals surface area contributed by atoms with Crippen LogP contribution in [0.15, 0.2) is 54.7 Å². The molecule has 4 nitrogen and oxygen atoms in total. The number of anilines is 1. The zero-order valence-electron chi connectivity index (χ0n) is 16.0. The number of nitrogens with zero attached hydrogens (tertiary/aromatic N) is 2. The molecule has 0 fully saturated rings. The lowest BCUT2D eigenvalue weighted by atomic mass is 9.92. The monoisotopic (exact) mass is 381 g/mol. The van der Waals surface area contributed by atoms with Crippen LogP contribution in [0, 0.1) is 0 Å². The van der Waals surface area contributed by atoms with E-state index in [0.29, 0.717) is 22.6 Å². The molecule has 1 N–H and O–H groups in total. The first-order valence-corrected chi connectivity index (χ1v) is 9.50. The van der Waals surface area contributed by atoms with E-state index in [1.165, 1.54) is 0 Å². The molecule has 0 spiro atoms. The molecule has 1 heterocycles. The molecule has 0 radical (unpaired) electrons. The van der Waals surface area contributed by atoms with Crippen molar-refractivity contribution in [2.45, 2.75) is 39.5 Å². The van der Waals surface area contributed by atoms with Gasteiger partial charge in [-0.25, -0.2) is 4.68 Å². The van der Waals surface area contributed by atoms with E-state index in [1.807, 2.05) is 18.2 Å². The molecular weight excluding hydrogens is 358 g/mol. The first-order valence-electron chi connectivity index (χ1n) is 9.12. The van der Waals surface area contributed by atoms with Crippen molar-refractivity contribution in [1.82, 2.24) is 9.78 Å². The molecule has 27 heavy (non-hydrogen) atoms. The normalized spacial score (nSPS) is 11.2. The predicted molar refractivity (Wildman–Crippen MR) is 111 cm³/mol. The molecule has 3 rings (SSSR count). The quantitative estimate of drug-likeness (QED) is 0.586. The third-order valence-corrected chi connectivity index (χ3v) is 4.74. The van der Waals surface area contributed by atoms with Gasteiger partial charge >= 0.3 is 0 Å². The van der Waals surface area contributed by atoms with E-state index < -0.39 is 0 Å². The molecule has 2 aromatic carbocycles. The Morgan fingerprint density at radius 3 is 2.22 bits per heavy atom. The van der Waals surface area contributed by atoms with Crippen molar-refractivity contribution in [3.63, 3.8) is 0 Å². The van der Waals surface area contributed by atoms with E-state index in [2.05, 4.69) is 50.2 Å². The lowest BCUT2D eigenvalue weighted by molar-refractivity contribution is 0.102. The molecule has 0 unspecified atom stereocenters. The Morgan fingerprint density at radius 1 is 1.00 bits per heavy atom. The van der Waals surface area contributed by atoms with Crippen molar-refractivity contribution in [3.05, 3.63) is 76.6 Å². The first kappa shape index (κ1) is 19.2. The summed E-state index contributed by atoms with van der Waals surface area (Å²) in [5.41, 5.74) is 4.33. The van der Waals surface area contributed by atoms with Gasteiger partial charge < -0.3 is 5.32 Å². The number of benzene rings is 2. The maximum atomic E-state index is 12.9. The van der Waals surface area contributed by atoms with Crippen molar-refractivity contribution in [3.8, 4) is 5.69 Å². The Morgan fingerprint density at radius 2 is 1.63 bits per heavy atom. The molecular formula is C22H24ClN3O. The molecule has 0 saturated carbocycles. The molecule has 3 aromatic rings. The summed E-state index contributed by atoms with van der Waals surface area (Å²) in [4.78, 5) is 12.9. The molecule has 140 valence electrons. The van der Waals surface area contributed by atoms with E-state index in [9.17, 15) is 4.79 Å². The van der Waals surface area contributed by atoms with Crippen LogP contribution in [0.2, 0.25) is 5.02 Å². The SMILES string of the molecule is CC(C)c1cccc(C(C)C)c1NC(=O)c1ccn(-c2cccc(Cl)c2)n1. The molecule has 0 saturated heterocycles. The van der Waals surface area contributed by atoms with Gasteiger partial charge in [-0.1, -0.05) is 63.6 Å². The largest absolute Gasteiger partial charge is 0.320 e. The standard InChI is InChI=1S/C22H24ClN3O/c1-14(2)18-9-6-10-19(15(3)4)21(18)24-22(27)20-11-12-26(25-20)17-8-5-7-16(23)13-17/h5-15H,1-4H3,(H,24,27). The summed E-state index contributed by atoms with van der Waals surface area (Å²) in [5.74, 6) is 0.400. The Labute approximate surface area is 165 Å². The summed E-state index contributed by atoms with van der Waals surface area (Å²) in [6.07, 6.45) is 1.76. The van der Waals surface area contributed by atoms with Crippen LogP contribution in [-0.4, -0.2) is 15.7 Å². The summed E-state index contributed by atoms with van der Waals surface area (Å²) in [6, 6.07) is 15.3. The van der Waals surface area contributed by atoms with E-state index in [4.69, 9.17) is 11.6 Å². The van der Waals surface area contributed by atoms with Crippen LogP contribution >= 0.6 is 11.6 Å². The highest BCUT2D eigenvalue weighted by Gasteiger charge is 2.18. The summed E-state index contributed by atoms with van der Waals surface area (Å²) >= 11 is 6.05. The van der Waals surface area contributed by atoms with Gasteiger partial charge in [0.1, 0.15) is 0 Å². The number of para-hydroxylation sites is 1. The highest BCUT2D eigenvalue weighted by Crippen LogP contribution is 2.32. The summed E-state index contributed by atoms with van der Waals surface area (Å²) in [7, 11) is 0. The minimum Gasteiger partial charge on any atom is -0.320 e. The highest BCUT2D eigenvalue weighted by molar-refractivity contribution is 6.30. The van der Waals surface area contributed by atoms with E-state index in [1.54, 1.807) is 29.1 Å². The average molecular weight is 382 g/mol. The fourth-order valence-corrected chi connectivity index (χ4v) is 3.26. The fourth-order valence-electron chi connectivity index (χ4n) is 3.08. The number of amides is 1. The van der Waals surface area contributed by atoms with Crippen molar-refractivity contribution in [1.29, 1.82) is 0 Å². The molecule has 5 heteroatoms. The van der Waals surface area contributed by atoms with E-state index in [0.717, 1.165) is 22.5 Å². The molecule has 0 atom stereocenters. The van der Waals surface area contributed by atoms with Gasteiger partial charge in [0, 0.05) is 16.9 Å². The summed E-state index contributed by atoms with van der Waals surface area (Å²) < 4.78 is 1.65. The van der Waals surface area contributed by atoms with Crippen LogP contribution in [0.25, 0.3) is 5.69 Å². The van der Waals surface area contributed by atoms with Gasteiger partial charge in [0.05, 0.1) is 5.69 Å². The average Bonchev–Trinajstić information content (AvgIpc) is 3.11. The van der Waals surface area contributed by atoms with Crippen LogP contribution in [0.5, 0.6) is 0 Å². The molecule has 1 aromatic heterocycles. The van der Waals surface area contributed by atoms with Gasteiger partial charge in [0.2, 0.25) is 0 Å². The Bertz CT molecular complexity index is 933. The zero-order chi connectivity index (χ0) is 19.6. The number of hydrogen-bond acceptors (Lipinski definition) is 2. The van der Waals surface area contributed by atoms with E-state index in [-0.39, 0.29) is 5.91 Å². The van der Waals surface area contributed by atoms with Crippen molar-refractivity contribution in [2.75, 3.05) is 5.32 Å². The van der Waals surface area contributed by atoms with Gasteiger partial charge in [-0.2, -0.15) is 5.10 Å². The molecule has 1 amide bonds. The topological polar surface area (TPSA) is 46.9 Å². The lowest BCUT2D eigenvalue weighted by Crippen LogP contribution is -2.16. The third-order valence-electron chi connectivity index (χ3n) is 4.51. The van der Waals surface area contributed by atoms with Crippen LogP contribution in [0.3, 0.4) is 0 Å². The molecule has 0 aliphatic carbocycles. The highest BCUT2D eigenvalue weighted by atomic mass is 35.5. The van der Waals surface area contributed by atoms with E-state index >= 15 is 0 Å². The van der Waals surface area contributed by atoms with Crippen molar-refractivity contribution < 1.29 is 4.79 Å². The van der Waals surface area contributed by atoms with Gasteiger partial charge in [-0.3, -0.25) is 4.79 Å². The number of carbonyl (C=O) groups is 1.